The second kappa shape index (κ2) is 5.37. The topological polar surface area (TPSA) is 29.5 Å². The molecule has 0 fully saturated rings. The molecule has 17 heavy (non-hydrogen) atoms. The molecule has 0 aliphatic carbocycles. The van der Waals surface area contributed by atoms with Gasteiger partial charge in [-0.05, 0) is 62.4 Å². The number of rotatable bonds is 5. The van der Waals surface area contributed by atoms with Crippen molar-refractivity contribution < 1.29 is 9.84 Å². The van der Waals surface area contributed by atoms with Crippen LogP contribution in [0.4, 0.5) is 0 Å². The largest absolute Gasteiger partial charge is 0.496 e. The quantitative estimate of drug-likeness (QED) is 0.790. The number of aliphatic hydroxyl groups is 1. The Labute approximate surface area is 104 Å². The molecule has 1 N–H and O–H groups in total. The molecule has 0 spiro atoms. The molecule has 2 nitrogen and oxygen atoms in total. The molecule has 0 radical (unpaired) electrons. The standard InChI is InChI=1S/C15H22O2/c1-6-7-8-15(4,16)13-9-12(3)14(17-5)10-11(13)2/h6,9-10,16H,1,7-8H2,2-5H3. The third-order valence-corrected chi connectivity index (χ3v) is 3.16. The van der Waals surface area contributed by atoms with Crippen molar-refractivity contribution in [1.29, 1.82) is 0 Å². The molecule has 1 rings (SSSR count). The molecular weight excluding hydrogens is 212 g/mol. The lowest BCUT2D eigenvalue weighted by molar-refractivity contribution is 0.0481. The van der Waals surface area contributed by atoms with Crippen LogP contribution in [-0.4, -0.2) is 12.2 Å². The van der Waals surface area contributed by atoms with E-state index in [1.165, 1.54) is 0 Å². The Kier molecular flexibility index (Phi) is 4.35. The summed E-state index contributed by atoms with van der Waals surface area (Å²) in [4.78, 5) is 0. The Hall–Kier alpha value is -1.28. The lowest BCUT2D eigenvalue weighted by Gasteiger charge is -2.26. The van der Waals surface area contributed by atoms with Gasteiger partial charge in [0, 0.05) is 0 Å². The molecule has 0 saturated heterocycles. The zero-order valence-corrected chi connectivity index (χ0v) is 11.2. The van der Waals surface area contributed by atoms with Crippen LogP contribution in [0.1, 0.15) is 36.5 Å². The van der Waals surface area contributed by atoms with E-state index in [0.717, 1.165) is 28.9 Å². The van der Waals surface area contributed by atoms with Gasteiger partial charge in [-0.1, -0.05) is 6.08 Å². The lowest BCUT2D eigenvalue weighted by Crippen LogP contribution is -2.22. The Morgan fingerprint density at radius 2 is 2.00 bits per heavy atom. The molecule has 94 valence electrons. The van der Waals surface area contributed by atoms with Crippen LogP contribution in [0.3, 0.4) is 0 Å². The summed E-state index contributed by atoms with van der Waals surface area (Å²) in [5.74, 6) is 0.866. The van der Waals surface area contributed by atoms with Gasteiger partial charge in [0.1, 0.15) is 5.75 Å². The first-order valence-electron chi connectivity index (χ1n) is 5.91. The van der Waals surface area contributed by atoms with Crippen LogP contribution in [0, 0.1) is 13.8 Å². The molecule has 0 aliphatic rings. The Balaban J connectivity index is 3.13. The molecular formula is C15H22O2. The van der Waals surface area contributed by atoms with Gasteiger partial charge in [-0.15, -0.1) is 6.58 Å². The SMILES string of the molecule is C=CCCC(C)(O)c1cc(C)c(OC)cc1C. The maximum atomic E-state index is 10.5. The summed E-state index contributed by atoms with van der Waals surface area (Å²) in [5, 5.41) is 10.5. The zero-order valence-electron chi connectivity index (χ0n) is 11.2. The minimum Gasteiger partial charge on any atom is -0.496 e. The fourth-order valence-corrected chi connectivity index (χ4v) is 2.11. The highest BCUT2D eigenvalue weighted by Crippen LogP contribution is 2.32. The number of aryl methyl sites for hydroxylation is 2. The number of methoxy groups -OCH3 is 1. The second-order valence-corrected chi connectivity index (χ2v) is 4.74. The van der Waals surface area contributed by atoms with E-state index in [9.17, 15) is 5.11 Å². The first-order chi connectivity index (χ1) is 7.92. The highest BCUT2D eigenvalue weighted by Gasteiger charge is 2.24. The first kappa shape index (κ1) is 13.8. The molecule has 1 unspecified atom stereocenters. The maximum absolute atomic E-state index is 10.5. The Morgan fingerprint density at radius 1 is 1.35 bits per heavy atom. The summed E-state index contributed by atoms with van der Waals surface area (Å²) in [5.41, 5.74) is 2.26. The highest BCUT2D eigenvalue weighted by atomic mass is 16.5. The van der Waals surface area contributed by atoms with Crippen LogP contribution < -0.4 is 4.74 Å². The van der Waals surface area contributed by atoms with E-state index < -0.39 is 5.60 Å². The maximum Gasteiger partial charge on any atom is 0.122 e. The van der Waals surface area contributed by atoms with E-state index in [4.69, 9.17) is 4.74 Å². The summed E-state index contributed by atoms with van der Waals surface area (Å²) in [6, 6.07) is 3.99. The third kappa shape index (κ3) is 3.10. The zero-order chi connectivity index (χ0) is 13.1. The number of hydrogen-bond donors (Lipinski definition) is 1. The predicted octanol–water partition coefficient (Wildman–Crippen LogP) is 3.49. The van der Waals surface area contributed by atoms with Crippen molar-refractivity contribution in [2.45, 2.75) is 39.2 Å². The van der Waals surface area contributed by atoms with E-state index in [0.29, 0.717) is 6.42 Å². The van der Waals surface area contributed by atoms with Gasteiger partial charge in [0.05, 0.1) is 12.7 Å². The molecule has 0 aromatic heterocycles. The summed E-state index contributed by atoms with van der Waals surface area (Å²) in [6.07, 6.45) is 3.32. The van der Waals surface area contributed by atoms with Gasteiger partial charge < -0.3 is 9.84 Å². The molecule has 0 heterocycles. The minimum absolute atomic E-state index is 0.684. The molecule has 0 aliphatic heterocycles. The normalized spacial score (nSPS) is 14.2. The van der Waals surface area contributed by atoms with Crippen LogP contribution in [-0.2, 0) is 5.60 Å². The van der Waals surface area contributed by atoms with Crippen LogP contribution in [0.15, 0.2) is 24.8 Å². The lowest BCUT2D eigenvalue weighted by atomic mass is 9.87. The van der Waals surface area contributed by atoms with Gasteiger partial charge in [0.2, 0.25) is 0 Å². The van der Waals surface area contributed by atoms with Crippen molar-refractivity contribution in [2.75, 3.05) is 7.11 Å². The highest BCUT2D eigenvalue weighted by molar-refractivity contribution is 5.43. The third-order valence-electron chi connectivity index (χ3n) is 3.16. The molecule has 0 amide bonds. The van der Waals surface area contributed by atoms with Gasteiger partial charge in [-0.2, -0.15) is 0 Å². The van der Waals surface area contributed by atoms with Gasteiger partial charge in [0.15, 0.2) is 0 Å². The number of benzene rings is 1. The van der Waals surface area contributed by atoms with Crippen LogP contribution >= 0.6 is 0 Å². The number of hydrogen-bond acceptors (Lipinski definition) is 2. The van der Waals surface area contributed by atoms with Crippen molar-refractivity contribution in [2.24, 2.45) is 0 Å². The first-order valence-corrected chi connectivity index (χ1v) is 5.91. The number of ether oxygens (including phenoxy) is 1. The van der Waals surface area contributed by atoms with Crippen LogP contribution in [0.5, 0.6) is 5.75 Å². The minimum atomic E-state index is -0.810. The summed E-state index contributed by atoms with van der Waals surface area (Å²) in [7, 11) is 1.66. The van der Waals surface area contributed by atoms with E-state index in [1.807, 2.05) is 39.0 Å². The van der Waals surface area contributed by atoms with E-state index in [2.05, 4.69) is 6.58 Å². The summed E-state index contributed by atoms with van der Waals surface area (Å²) < 4.78 is 5.28. The smallest absolute Gasteiger partial charge is 0.122 e. The molecule has 2 heteroatoms. The average molecular weight is 234 g/mol. The van der Waals surface area contributed by atoms with E-state index >= 15 is 0 Å². The molecule has 0 bridgehead atoms. The fraction of sp³-hybridized carbons (Fsp3) is 0.467. The van der Waals surface area contributed by atoms with Gasteiger partial charge in [-0.3, -0.25) is 0 Å². The monoisotopic (exact) mass is 234 g/mol. The summed E-state index contributed by atoms with van der Waals surface area (Å²) >= 11 is 0. The van der Waals surface area contributed by atoms with E-state index in [-0.39, 0.29) is 0 Å². The van der Waals surface area contributed by atoms with Gasteiger partial charge >= 0.3 is 0 Å². The molecule has 1 aromatic rings. The predicted molar refractivity (Wildman–Crippen MR) is 71.5 cm³/mol. The van der Waals surface area contributed by atoms with Gasteiger partial charge in [0.25, 0.3) is 0 Å². The van der Waals surface area contributed by atoms with Crippen molar-refractivity contribution in [3.63, 3.8) is 0 Å². The van der Waals surface area contributed by atoms with Crippen molar-refractivity contribution >= 4 is 0 Å². The van der Waals surface area contributed by atoms with Crippen molar-refractivity contribution in [3.05, 3.63) is 41.5 Å². The molecule has 1 atom stereocenters. The Morgan fingerprint density at radius 3 is 2.53 bits per heavy atom. The van der Waals surface area contributed by atoms with Crippen molar-refractivity contribution in [3.8, 4) is 5.75 Å². The van der Waals surface area contributed by atoms with Crippen LogP contribution in [0.25, 0.3) is 0 Å². The molecule has 0 saturated carbocycles. The molecule has 1 aromatic carbocycles. The Bertz CT molecular complexity index is 406. The number of allylic oxidation sites excluding steroid dienone is 1. The second-order valence-electron chi connectivity index (χ2n) is 4.74. The van der Waals surface area contributed by atoms with Crippen LogP contribution in [0.2, 0.25) is 0 Å². The average Bonchev–Trinajstić information content (AvgIpc) is 2.28. The summed E-state index contributed by atoms with van der Waals surface area (Å²) in [6.45, 7) is 9.54. The van der Waals surface area contributed by atoms with E-state index in [1.54, 1.807) is 7.11 Å². The van der Waals surface area contributed by atoms with Crippen molar-refractivity contribution in [1.82, 2.24) is 0 Å². The fourth-order valence-electron chi connectivity index (χ4n) is 2.11. The van der Waals surface area contributed by atoms with Gasteiger partial charge in [-0.25, -0.2) is 0 Å².